The van der Waals surface area contributed by atoms with E-state index in [1.807, 2.05) is 44.2 Å². The first-order chi connectivity index (χ1) is 16.5. The summed E-state index contributed by atoms with van der Waals surface area (Å²) in [5, 5.41) is 11.2. The van der Waals surface area contributed by atoms with Gasteiger partial charge >= 0.3 is 6.03 Å². The molecule has 7 nitrogen and oxygen atoms in total. The molecule has 3 rings (SSSR count). The first-order valence-electron chi connectivity index (χ1n) is 11.5. The SMILES string of the molecule is CCCN(CC(=O)Nc1cc(C(C)(C)C)nn1-c1cccc(C)c1)C(=O)Nc1ccc(Cl)c(Cl)c1. The van der Waals surface area contributed by atoms with E-state index in [-0.39, 0.29) is 17.9 Å². The van der Waals surface area contributed by atoms with Gasteiger partial charge in [0.1, 0.15) is 12.4 Å². The van der Waals surface area contributed by atoms with Crippen LogP contribution in [-0.4, -0.2) is 39.7 Å². The molecule has 2 aromatic carbocycles. The second-order valence-corrected chi connectivity index (χ2v) is 10.3. The summed E-state index contributed by atoms with van der Waals surface area (Å²) >= 11 is 12.0. The smallest absolute Gasteiger partial charge is 0.315 e. The van der Waals surface area contributed by atoms with Crippen LogP contribution in [0.5, 0.6) is 0 Å². The summed E-state index contributed by atoms with van der Waals surface area (Å²) in [6, 6.07) is 14.2. The van der Waals surface area contributed by atoms with Gasteiger partial charge in [-0.2, -0.15) is 5.10 Å². The molecule has 0 atom stereocenters. The highest BCUT2D eigenvalue weighted by Crippen LogP contribution is 2.27. The van der Waals surface area contributed by atoms with E-state index >= 15 is 0 Å². The second kappa shape index (κ2) is 11.1. The lowest BCUT2D eigenvalue weighted by atomic mass is 9.92. The third-order valence-corrected chi connectivity index (χ3v) is 6.02. The van der Waals surface area contributed by atoms with Crippen LogP contribution in [0.2, 0.25) is 10.0 Å². The van der Waals surface area contributed by atoms with Gasteiger partial charge in [-0.25, -0.2) is 9.48 Å². The number of nitrogens with zero attached hydrogens (tertiary/aromatic N) is 3. The number of halogens is 2. The van der Waals surface area contributed by atoms with Crippen molar-refractivity contribution in [1.82, 2.24) is 14.7 Å². The first kappa shape index (κ1) is 26.6. The average molecular weight is 516 g/mol. The molecule has 0 radical (unpaired) electrons. The van der Waals surface area contributed by atoms with Gasteiger partial charge in [0.2, 0.25) is 5.91 Å². The molecule has 0 bridgehead atoms. The predicted octanol–water partition coefficient (Wildman–Crippen LogP) is 6.67. The summed E-state index contributed by atoms with van der Waals surface area (Å²) in [6.45, 7) is 10.4. The molecule has 0 aliphatic carbocycles. The quantitative estimate of drug-likeness (QED) is 0.368. The average Bonchev–Trinajstić information content (AvgIpc) is 3.20. The van der Waals surface area contributed by atoms with Crippen LogP contribution in [0.1, 0.15) is 45.4 Å². The summed E-state index contributed by atoms with van der Waals surface area (Å²) in [5.74, 6) is 0.226. The van der Waals surface area contributed by atoms with Gasteiger partial charge < -0.3 is 15.5 Å². The van der Waals surface area contributed by atoms with Crippen molar-refractivity contribution in [2.75, 3.05) is 23.7 Å². The van der Waals surface area contributed by atoms with E-state index < -0.39 is 6.03 Å². The number of rotatable bonds is 7. The van der Waals surface area contributed by atoms with Gasteiger partial charge in [0.15, 0.2) is 0 Å². The maximum atomic E-state index is 13.1. The Morgan fingerprint density at radius 3 is 2.40 bits per heavy atom. The van der Waals surface area contributed by atoms with Gasteiger partial charge in [0.05, 0.1) is 21.4 Å². The van der Waals surface area contributed by atoms with Crippen molar-refractivity contribution < 1.29 is 9.59 Å². The molecule has 1 heterocycles. The van der Waals surface area contributed by atoms with Crippen molar-refractivity contribution >= 4 is 46.6 Å². The Morgan fingerprint density at radius 2 is 1.77 bits per heavy atom. The molecule has 0 unspecified atom stereocenters. The van der Waals surface area contributed by atoms with Gasteiger partial charge in [-0.15, -0.1) is 0 Å². The Morgan fingerprint density at radius 1 is 1.03 bits per heavy atom. The van der Waals surface area contributed by atoms with Gasteiger partial charge in [-0.1, -0.05) is 63.0 Å². The zero-order valence-corrected chi connectivity index (χ0v) is 22.2. The molecular weight excluding hydrogens is 485 g/mol. The van der Waals surface area contributed by atoms with E-state index in [2.05, 4.69) is 31.4 Å². The minimum Gasteiger partial charge on any atom is -0.315 e. The highest BCUT2D eigenvalue weighted by Gasteiger charge is 2.23. The third-order valence-electron chi connectivity index (χ3n) is 5.28. The van der Waals surface area contributed by atoms with Gasteiger partial charge in [-0.05, 0) is 49.2 Å². The van der Waals surface area contributed by atoms with E-state index in [0.717, 1.165) is 16.9 Å². The minimum absolute atomic E-state index is 0.120. The highest BCUT2D eigenvalue weighted by atomic mass is 35.5. The van der Waals surface area contributed by atoms with Crippen LogP contribution in [0.3, 0.4) is 0 Å². The number of amides is 3. The number of nitrogens with one attached hydrogen (secondary N) is 2. The maximum absolute atomic E-state index is 13.1. The summed E-state index contributed by atoms with van der Waals surface area (Å²) in [4.78, 5) is 27.4. The lowest BCUT2D eigenvalue weighted by Crippen LogP contribution is -2.41. The van der Waals surface area contributed by atoms with Crippen LogP contribution >= 0.6 is 23.2 Å². The van der Waals surface area contributed by atoms with Crippen LogP contribution in [0.15, 0.2) is 48.5 Å². The first-order valence-corrected chi connectivity index (χ1v) is 12.2. The molecule has 3 aromatic rings. The maximum Gasteiger partial charge on any atom is 0.322 e. The highest BCUT2D eigenvalue weighted by molar-refractivity contribution is 6.42. The van der Waals surface area contributed by atoms with Crippen molar-refractivity contribution in [3.8, 4) is 5.69 Å². The van der Waals surface area contributed by atoms with Crippen molar-refractivity contribution in [2.45, 2.75) is 46.5 Å². The summed E-state index contributed by atoms with van der Waals surface area (Å²) in [5.41, 5.74) is 3.07. The van der Waals surface area contributed by atoms with Gasteiger partial charge in [0, 0.05) is 23.7 Å². The van der Waals surface area contributed by atoms with Crippen LogP contribution in [0.4, 0.5) is 16.3 Å². The monoisotopic (exact) mass is 515 g/mol. The Bertz CT molecular complexity index is 1220. The molecule has 0 spiro atoms. The van der Waals surface area contributed by atoms with Crippen molar-refractivity contribution in [3.63, 3.8) is 0 Å². The minimum atomic E-state index is -0.400. The van der Waals surface area contributed by atoms with Crippen LogP contribution in [-0.2, 0) is 10.2 Å². The lowest BCUT2D eigenvalue weighted by Gasteiger charge is -2.22. The van der Waals surface area contributed by atoms with E-state index in [1.54, 1.807) is 22.9 Å². The number of carbonyl (C=O) groups is 2. The largest absolute Gasteiger partial charge is 0.322 e. The van der Waals surface area contributed by atoms with E-state index in [0.29, 0.717) is 34.5 Å². The number of anilines is 2. The number of aromatic nitrogens is 2. The van der Waals surface area contributed by atoms with Gasteiger partial charge in [-0.3, -0.25) is 4.79 Å². The zero-order chi connectivity index (χ0) is 25.8. The lowest BCUT2D eigenvalue weighted by molar-refractivity contribution is -0.116. The summed E-state index contributed by atoms with van der Waals surface area (Å²) in [6.07, 6.45) is 0.692. The van der Waals surface area contributed by atoms with Crippen LogP contribution in [0, 0.1) is 6.92 Å². The number of benzene rings is 2. The fourth-order valence-corrected chi connectivity index (χ4v) is 3.75. The number of carbonyl (C=O) groups excluding carboxylic acids is 2. The molecule has 186 valence electrons. The Labute approximate surface area is 216 Å². The number of hydrogen-bond acceptors (Lipinski definition) is 3. The van der Waals surface area contributed by atoms with E-state index in [9.17, 15) is 9.59 Å². The fraction of sp³-hybridized carbons (Fsp3) is 0.346. The third kappa shape index (κ3) is 6.99. The van der Waals surface area contributed by atoms with E-state index in [4.69, 9.17) is 28.3 Å². The second-order valence-electron chi connectivity index (χ2n) is 9.44. The molecule has 0 saturated heterocycles. The van der Waals surface area contributed by atoms with Crippen molar-refractivity contribution in [2.24, 2.45) is 0 Å². The summed E-state index contributed by atoms with van der Waals surface area (Å²) < 4.78 is 1.73. The standard InChI is InChI=1S/C26H31Cl2N5O2/c1-6-12-32(25(35)29-18-10-11-20(27)21(28)14-18)16-24(34)30-23-15-22(26(3,4)5)31-33(23)19-9-7-8-17(2)13-19/h7-11,13-15H,6,12,16H2,1-5H3,(H,29,35)(H,30,34). The Balaban J connectivity index is 1.80. The molecule has 1 aromatic heterocycles. The molecule has 0 aliphatic heterocycles. The summed E-state index contributed by atoms with van der Waals surface area (Å²) in [7, 11) is 0. The normalized spacial score (nSPS) is 11.3. The molecule has 3 amide bonds. The van der Waals surface area contributed by atoms with Crippen molar-refractivity contribution in [3.05, 3.63) is 69.8 Å². The molecule has 0 saturated carbocycles. The molecule has 0 aliphatic rings. The molecular formula is C26H31Cl2N5O2. The number of aryl methyl sites for hydroxylation is 1. The van der Waals surface area contributed by atoms with Crippen LogP contribution in [0.25, 0.3) is 5.69 Å². The molecule has 2 N–H and O–H groups in total. The molecule has 0 fully saturated rings. The van der Waals surface area contributed by atoms with Crippen molar-refractivity contribution in [1.29, 1.82) is 0 Å². The van der Waals surface area contributed by atoms with Gasteiger partial charge in [0.25, 0.3) is 0 Å². The zero-order valence-electron chi connectivity index (χ0n) is 20.7. The number of urea groups is 1. The number of hydrogen-bond donors (Lipinski definition) is 2. The fourth-order valence-electron chi connectivity index (χ4n) is 3.45. The van der Waals surface area contributed by atoms with Crippen LogP contribution < -0.4 is 10.6 Å². The van der Waals surface area contributed by atoms with E-state index in [1.165, 1.54) is 4.90 Å². The topological polar surface area (TPSA) is 79.3 Å². The molecule has 35 heavy (non-hydrogen) atoms. The Hall–Kier alpha value is -3.03. The molecule has 9 heteroatoms. The Kier molecular flexibility index (Phi) is 8.46. The predicted molar refractivity (Wildman–Crippen MR) is 143 cm³/mol.